The van der Waals surface area contributed by atoms with Crippen molar-refractivity contribution in [2.24, 2.45) is 11.8 Å². The van der Waals surface area contributed by atoms with Gasteiger partial charge in [-0.2, -0.15) is 0 Å². The second kappa shape index (κ2) is 4.92. The molecule has 0 N–H and O–H groups in total. The van der Waals surface area contributed by atoms with E-state index in [1.807, 2.05) is 13.8 Å². The molecule has 1 fully saturated rings. The molecule has 0 aromatic rings. The van der Waals surface area contributed by atoms with Crippen LogP contribution in [-0.4, -0.2) is 29.8 Å². The fraction of sp³-hybridized carbons (Fsp3) is 0.917. The lowest BCUT2D eigenvalue weighted by molar-refractivity contribution is -0.128. The topological polar surface area (TPSA) is 20.3 Å². The molecule has 1 saturated heterocycles. The average Bonchev–Trinajstić information content (AvgIpc) is 2.56. The van der Waals surface area contributed by atoms with Crippen LogP contribution in [-0.2, 0) is 4.79 Å². The first-order chi connectivity index (χ1) is 6.54. The molecule has 1 unspecified atom stereocenters. The van der Waals surface area contributed by atoms with Crippen molar-refractivity contribution in [2.75, 3.05) is 13.1 Å². The summed E-state index contributed by atoms with van der Waals surface area (Å²) >= 11 is 0. The third kappa shape index (κ3) is 2.57. The molecule has 0 aliphatic carbocycles. The van der Waals surface area contributed by atoms with Crippen LogP contribution in [0.15, 0.2) is 0 Å². The molecule has 0 bridgehead atoms. The molecular formula is C12H23NO. The number of hydrogen-bond acceptors (Lipinski definition) is 2. The quantitative estimate of drug-likeness (QED) is 0.689. The molecule has 1 rings (SSSR count). The maximum absolute atomic E-state index is 12.0. The third-order valence-corrected chi connectivity index (χ3v) is 3.03. The summed E-state index contributed by atoms with van der Waals surface area (Å²) in [5.41, 5.74) is 0. The van der Waals surface area contributed by atoms with Crippen molar-refractivity contribution in [2.45, 2.75) is 46.6 Å². The van der Waals surface area contributed by atoms with Crippen LogP contribution in [0.3, 0.4) is 0 Å². The van der Waals surface area contributed by atoms with Gasteiger partial charge in [0.2, 0.25) is 0 Å². The van der Waals surface area contributed by atoms with Crippen LogP contribution in [0.1, 0.15) is 40.5 Å². The molecule has 0 aromatic carbocycles. The standard InChI is InChI=1S/C12H23NO/c1-9(2)11(12(14)10(3)4)13-7-5-6-8-13/h9-11H,5-8H2,1-4H3. The zero-order chi connectivity index (χ0) is 10.7. The van der Waals surface area contributed by atoms with Gasteiger partial charge in [0.25, 0.3) is 0 Å². The van der Waals surface area contributed by atoms with Crippen LogP contribution in [0.5, 0.6) is 0 Å². The number of likely N-dealkylation sites (tertiary alicyclic amines) is 1. The van der Waals surface area contributed by atoms with Gasteiger partial charge in [0.1, 0.15) is 0 Å². The summed E-state index contributed by atoms with van der Waals surface area (Å²) in [4.78, 5) is 14.4. The van der Waals surface area contributed by atoms with Crippen molar-refractivity contribution in [3.63, 3.8) is 0 Å². The van der Waals surface area contributed by atoms with E-state index in [0.717, 1.165) is 13.1 Å². The van der Waals surface area contributed by atoms with Gasteiger partial charge < -0.3 is 0 Å². The first kappa shape index (κ1) is 11.7. The zero-order valence-corrected chi connectivity index (χ0v) is 9.92. The van der Waals surface area contributed by atoms with Gasteiger partial charge in [0, 0.05) is 5.92 Å². The highest BCUT2D eigenvalue weighted by molar-refractivity contribution is 5.86. The minimum Gasteiger partial charge on any atom is -0.298 e. The lowest BCUT2D eigenvalue weighted by atomic mass is 9.92. The van der Waals surface area contributed by atoms with Gasteiger partial charge in [0.15, 0.2) is 5.78 Å². The first-order valence-corrected chi connectivity index (χ1v) is 5.81. The molecule has 2 heteroatoms. The summed E-state index contributed by atoms with van der Waals surface area (Å²) in [6, 6.07) is 0.164. The fourth-order valence-electron chi connectivity index (χ4n) is 2.29. The molecule has 0 aromatic heterocycles. The van der Waals surface area contributed by atoms with Gasteiger partial charge >= 0.3 is 0 Å². The predicted octanol–water partition coefficient (Wildman–Crippen LogP) is 2.33. The summed E-state index contributed by atoms with van der Waals surface area (Å²) < 4.78 is 0. The highest BCUT2D eigenvalue weighted by Crippen LogP contribution is 2.20. The van der Waals surface area contributed by atoms with E-state index >= 15 is 0 Å². The summed E-state index contributed by atoms with van der Waals surface area (Å²) in [5, 5.41) is 0. The number of hydrogen-bond donors (Lipinski definition) is 0. The van der Waals surface area contributed by atoms with Crippen molar-refractivity contribution in [1.82, 2.24) is 4.90 Å². The number of carbonyl (C=O) groups is 1. The van der Waals surface area contributed by atoms with E-state index < -0.39 is 0 Å². The number of ketones is 1. The second-order valence-electron chi connectivity index (χ2n) is 4.99. The molecule has 1 atom stereocenters. The van der Waals surface area contributed by atoms with E-state index in [0.29, 0.717) is 11.7 Å². The zero-order valence-electron chi connectivity index (χ0n) is 9.92. The normalized spacial score (nSPS) is 20.7. The van der Waals surface area contributed by atoms with Crippen LogP contribution in [0.25, 0.3) is 0 Å². The number of rotatable bonds is 4. The van der Waals surface area contributed by atoms with E-state index in [2.05, 4.69) is 18.7 Å². The number of carbonyl (C=O) groups excluding carboxylic acids is 1. The van der Waals surface area contributed by atoms with Crippen molar-refractivity contribution in [3.8, 4) is 0 Å². The van der Waals surface area contributed by atoms with Gasteiger partial charge in [-0.3, -0.25) is 9.69 Å². The Morgan fingerprint density at radius 3 is 1.93 bits per heavy atom. The predicted molar refractivity (Wildman–Crippen MR) is 59.3 cm³/mol. The largest absolute Gasteiger partial charge is 0.298 e. The first-order valence-electron chi connectivity index (χ1n) is 5.81. The maximum Gasteiger partial charge on any atom is 0.152 e. The molecule has 14 heavy (non-hydrogen) atoms. The SMILES string of the molecule is CC(C)C(=O)C(C(C)C)N1CCCC1. The van der Waals surface area contributed by atoms with Crippen LogP contribution in [0, 0.1) is 11.8 Å². The van der Waals surface area contributed by atoms with E-state index in [1.165, 1.54) is 12.8 Å². The molecule has 0 spiro atoms. The molecule has 2 nitrogen and oxygen atoms in total. The van der Waals surface area contributed by atoms with Crippen molar-refractivity contribution < 1.29 is 4.79 Å². The van der Waals surface area contributed by atoms with Gasteiger partial charge in [-0.25, -0.2) is 0 Å². The maximum atomic E-state index is 12.0. The highest BCUT2D eigenvalue weighted by Gasteiger charge is 2.31. The summed E-state index contributed by atoms with van der Waals surface area (Å²) in [6.07, 6.45) is 2.52. The Labute approximate surface area is 87.7 Å². The minimum atomic E-state index is 0.164. The Morgan fingerprint density at radius 1 is 1.07 bits per heavy atom. The molecule has 1 heterocycles. The molecule has 1 aliphatic rings. The summed E-state index contributed by atoms with van der Waals surface area (Å²) in [7, 11) is 0. The Balaban J connectivity index is 2.67. The molecule has 0 radical (unpaired) electrons. The van der Waals surface area contributed by atoms with Gasteiger partial charge in [-0.15, -0.1) is 0 Å². The fourth-order valence-corrected chi connectivity index (χ4v) is 2.29. The van der Waals surface area contributed by atoms with Crippen molar-refractivity contribution in [1.29, 1.82) is 0 Å². The Morgan fingerprint density at radius 2 is 1.57 bits per heavy atom. The van der Waals surface area contributed by atoms with Crippen LogP contribution < -0.4 is 0 Å². The number of Topliss-reactive ketones (excluding diaryl/α,β-unsaturated/α-hetero) is 1. The van der Waals surface area contributed by atoms with E-state index in [4.69, 9.17) is 0 Å². The van der Waals surface area contributed by atoms with Crippen LogP contribution >= 0.6 is 0 Å². The smallest absolute Gasteiger partial charge is 0.152 e. The lowest BCUT2D eigenvalue weighted by Gasteiger charge is -2.30. The highest BCUT2D eigenvalue weighted by atomic mass is 16.1. The molecule has 1 aliphatic heterocycles. The monoisotopic (exact) mass is 197 g/mol. The Hall–Kier alpha value is -0.370. The van der Waals surface area contributed by atoms with Gasteiger partial charge in [-0.1, -0.05) is 27.7 Å². The number of nitrogens with zero attached hydrogens (tertiary/aromatic N) is 1. The van der Waals surface area contributed by atoms with Crippen LogP contribution in [0.4, 0.5) is 0 Å². The molecular weight excluding hydrogens is 174 g/mol. The molecule has 0 saturated carbocycles. The Kier molecular flexibility index (Phi) is 4.11. The van der Waals surface area contributed by atoms with E-state index in [-0.39, 0.29) is 12.0 Å². The van der Waals surface area contributed by atoms with Crippen LogP contribution in [0.2, 0.25) is 0 Å². The van der Waals surface area contributed by atoms with E-state index in [1.54, 1.807) is 0 Å². The van der Waals surface area contributed by atoms with Gasteiger partial charge in [-0.05, 0) is 31.8 Å². The minimum absolute atomic E-state index is 0.164. The van der Waals surface area contributed by atoms with Crippen molar-refractivity contribution in [3.05, 3.63) is 0 Å². The molecule has 0 amide bonds. The van der Waals surface area contributed by atoms with Gasteiger partial charge in [0.05, 0.1) is 6.04 Å². The average molecular weight is 197 g/mol. The Bertz CT molecular complexity index is 192. The van der Waals surface area contributed by atoms with E-state index in [9.17, 15) is 4.79 Å². The molecule has 82 valence electrons. The summed E-state index contributed by atoms with van der Waals surface area (Å²) in [6.45, 7) is 10.6. The third-order valence-electron chi connectivity index (χ3n) is 3.03. The summed E-state index contributed by atoms with van der Waals surface area (Å²) in [5.74, 6) is 1.04. The lowest BCUT2D eigenvalue weighted by Crippen LogP contribution is -2.44. The second-order valence-corrected chi connectivity index (χ2v) is 4.99. The van der Waals surface area contributed by atoms with Crippen molar-refractivity contribution >= 4 is 5.78 Å².